The molecule has 32 heavy (non-hydrogen) atoms. The molecule has 1 aromatic heterocycles. The van der Waals surface area contributed by atoms with Crippen molar-refractivity contribution in [3.05, 3.63) is 58.6 Å². The van der Waals surface area contributed by atoms with Crippen molar-refractivity contribution in [1.82, 2.24) is 4.31 Å². The van der Waals surface area contributed by atoms with Crippen LogP contribution in [-0.2, 0) is 24.3 Å². The Morgan fingerprint density at radius 1 is 1.06 bits per heavy atom. The second kappa shape index (κ2) is 9.79. The van der Waals surface area contributed by atoms with Crippen molar-refractivity contribution in [2.24, 2.45) is 0 Å². The van der Waals surface area contributed by atoms with Gasteiger partial charge in [-0.25, -0.2) is 8.42 Å². The van der Waals surface area contributed by atoms with E-state index >= 15 is 0 Å². The van der Waals surface area contributed by atoms with Crippen LogP contribution in [0.5, 0.6) is 0 Å². The summed E-state index contributed by atoms with van der Waals surface area (Å²) in [4.78, 5) is 0.0390. The maximum atomic E-state index is 13.5. The molecule has 0 amide bonds. The van der Waals surface area contributed by atoms with Gasteiger partial charge in [-0.1, -0.05) is 36.2 Å². The number of fused-ring (bicyclic) bond motifs is 1. The number of halogens is 1. The highest BCUT2D eigenvalue weighted by Gasteiger charge is 2.31. The van der Waals surface area contributed by atoms with E-state index in [0.29, 0.717) is 17.0 Å². The molecule has 10 heteroatoms. The maximum absolute atomic E-state index is 13.5. The zero-order chi connectivity index (χ0) is 23.7. The first-order chi connectivity index (χ1) is 15.0. The number of rotatable bonds is 9. The average molecular weight is 516 g/mol. The first-order valence-corrected chi connectivity index (χ1v) is 14.2. The van der Waals surface area contributed by atoms with Gasteiger partial charge in [-0.15, -0.1) is 11.3 Å². The van der Waals surface area contributed by atoms with Crippen LogP contribution in [-0.4, -0.2) is 40.3 Å². The van der Waals surface area contributed by atoms with E-state index in [-0.39, 0.29) is 22.2 Å². The van der Waals surface area contributed by atoms with Gasteiger partial charge < -0.3 is 0 Å². The van der Waals surface area contributed by atoms with Crippen LogP contribution in [0.3, 0.4) is 0 Å². The summed E-state index contributed by atoms with van der Waals surface area (Å²) in [6.07, 6.45) is -0.293. The summed E-state index contributed by atoms with van der Waals surface area (Å²) in [6.45, 7) is 7.20. The fourth-order valence-corrected chi connectivity index (χ4v) is 8.12. The van der Waals surface area contributed by atoms with E-state index in [1.165, 1.54) is 27.8 Å². The van der Waals surface area contributed by atoms with E-state index in [4.69, 9.17) is 15.8 Å². The fraction of sp³-hybridized carbons (Fsp3) is 0.364. The Labute approximate surface area is 199 Å². The largest absolute Gasteiger partial charge is 0.297 e. The SMILES string of the molecule is CCCN(CC(C)OS(=O)(=O)c1ccc(C)cc1)S(=O)(=O)c1sc2ccc(Cl)cc2c1C. The lowest BCUT2D eigenvalue weighted by Crippen LogP contribution is -2.38. The highest BCUT2D eigenvalue weighted by Crippen LogP contribution is 2.37. The van der Waals surface area contributed by atoms with Crippen LogP contribution in [0.4, 0.5) is 0 Å². The minimum absolute atomic E-state index is 0.0390. The van der Waals surface area contributed by atoms with Crippen molar-refractivity contribution in [3.63, 3.8) is 0 Å². The fourth-order valence-electron chi connectivity index (χ4n) is 3.39. The van der Waals surface area contributed by atoms with E-state index in [2.05, 4.69) is 0 Å². The van der Waals surface area contributed by atoms with E-state index in [1.54, 1.807) is 44.2 Å². The van der Waals surface area contributed by atoms with E-state index in [1.807, 2.05) is 13.8 Å². The third-order valence-electron chi connectivity index (χ3n) is 4.96. The number of nitrogens with zero attached hydrogens (tertiary/aromatic N) is 1. The zero-order valence-corrected chi connectivity index (χ0v) is 21.5. The van der Waals surface area contributed by atoms with Crippen LogP contribution in [0.2, 0.25) is 5.02 Å². The van der Waals surface area contributed by atoms with Gasteiger partial charge in [-0.3, -0.25) is 4.18 Å². The summed E-state index contributed by atoms with van der Waals surface area (Å²) in [5.41, 5.74) is 1.56. The van der Waals surface area contributed by atoms with Gasteiger partial charge in [0, 0.05) is 22.8 Å². The molecule has 2 aromatic carbocycles. The molecule has 0 aliphatic heterocycles. The summed E-state index contributed by atoms with van der Waals surface area (Å²) in [5.74, 6) is 0. The van der Waals surface area contributed by atoms with Crippen molar-refractivity contribution >= 4 is 53.2 Å². The third-order valence-corrected chi connectivity index (χ3v) is 10.4. The number of thiophene rings is 1. The Morgan fingerprint density at radius 2 is 1.72 bits per heavy atom. The lowest BCUT2D eigenvalue weighted by atomic mass is 10.2. The smallest absolute Gasteiger partial charge is 0.262 e. The van der Waals surface area contributed by atoms with Crippen LogP contribution in [0.1, 0.15) is 31.4 Å². The van der Waals surface area contributed by atoms with Gasteiger partial charge in [0.2, 0.25) is 0 Å². The lowest BCUT2D eigenvalue weighted by molar-refractivity contribution is 0.193. The van der Waals surface area contributed by atoms with Crippen LogP contribution < -0.4 is 0 Å². The highest BCUT2D eigenvalue weighted by atomic mass is 35.5. The highest BCUT2D eigenvalue weighted by molar-refractivity contribution is 7.91. The Kier molecular flexibility index (Phi) is 7.69. The minimum Gasteiger partial charge on any atom is -0.262 e. The molecule has 0 saturated carbocycles. The van der Waals surface area contributed by atoms with Crippen molar-refractivity contribution < 1.29 is 21.0 Å². The number of hydrogen-bond acceptors (Lipinski definition) is 6. The molecule has 0 N–H and O–H groups in total. The van der Waals surface area contributed by atoms with Crippen LogP contribution in [0.15, 0.2) is 51.6 Å². The Balaban J connectivity index is 1.87. The first kappa shape index (κ1) is 25.1. The molecule has 0 aliphatic carbocycles. The molecular formula is C22H26ClNO5S3. The normalized spacial score (nSPS) is 13.7. The van der Waals surface area contributed by atoms with E-state index in [0.717, 1.165) is 15.6 Å². The second-order valence-corrected chi connectivity index (χ2v) is 12.9. The van der Waals surface area contributed by atoms with Crippen molar-refractivity contribution in [2.45, 2.75) is 49.3 Å². The molecule has 1 heterocycles. The monoisotopic (exact) mass is 515 g/mol. The number of hydrogen-bond donors (Lipinski definition) is 0. The van der Waals surface area contributed by atoms with Gasteiger partial charge in [0.15, 0.2) is 0 Å². The van der Waals surface area contributed by atoms with Crippen LogP contribution in [0.25, 0.3) is 10.1 Å². The van der Waals surface area contributed by atoms with Gasteiger partial charge in [0.05, 0.1) is 11.0 Å². The molecule has 3 rings (SSSR count). The summed E-state index contributed by atoms with van der Waals surface area (Å²) >= 11 is 7.27. The molecule has 0 aliphatic rings. The molecule has 0 saturated heterocycles. The number of aryl methyl sites for hydroxylation is 2. The summed E-state index contributed by atoms with van der Waals surface area (Å²) < 4.78 is 59.9. The summed E-state index contributed by atoms with van der Waals surface area (Å²) in [6, 6.07) is 11.6. The minimum atomic E-state index is -4.01. The Hall–Kier alpha value is -1.49. The molecular weight excluding hydrogens is 490 g/mol. The van der Waals surface area contributed by atoms with Gasteiger partial charge in [0.1, 0.15) is 4.21 Å². The molecule has 3 aromatic rings. The van der Waals surface area contributed by atoms with Gasteiger partial charge in [-0.2, -0.15) is 12.7 Å². The topological polar surface area (TPSA) is 80.8 Å². The third kappa shape index (κ3) is 5.35. The molecule has 0 bridgehead atoms. The molecule has 0 radical (unpaired) electrons. The number of benzene rings is 2. The molecule has 1 unspecified atom stereocenters. The average Bonchev–Trinajstić information content (AvgIpc) is 3.04. The van der Waals surface area contributed by atoms with Crippen LogP contribution in [0, 0.1) is 13.8 Å². The quantitative estimate of drug-likeness (QED) is 0.358. The first-order valence-electron chi connectivity index (χ1n) is 10.1. The molecule has 1 atom stereocenters. The van der Waals surface area contributed by atoms with Crippen molar-refractivity contribution in [2.75, 3.05) is 13.1 Å². The molecule has 0 spiro atoms. The van der Waals surface area contributed by atoms with Gasteiger partial charge in [0.25, 0.3) is 20.1 Å². The second-order valence-electron chi connectivity index (χ2n) is 7.69. The maximum Gasteiger partial charge on any atom is 0.297 e. The predicted molar refractivity (Wildman–Crippen MR) is 130 cm³/mol. The molecule has 0 fully saturated rings. The predicted octanol–water partition coefficient (Wildman–Crippen LogP) is 5.37. The summed E-state index contributed by atoms with van der Waals surface area (Å²) in [7, 11) is -7.87. The number of sulfonamides is 1. The van der Waals surface area contributed by atoms with Gasteiger partial charge in [-0.05, 0) is 68.5 Å². The Bertz CT molecular complexity index is 1320. The Morgan fingerprint density at radius 3 is 2.34 bits per heavy atom. The van der Waals surface area contributed by atoms with Crippen molar-refractivity contribution in [3.8, 4) is 0 Å². The van der Waals surface area contributed by atoms with E-state index < -0.39 is 26.2 Å². The van der Waals surface area contributed by atoms with E-state index in [9.17, 15) is 16.8 Å². The zero-order valence-electron chi connectivity index (χ0n) is 18.3. The van der Waals surface area contributed by atoms with Gasteiger partial charge >= 0.3 is 0 Å². The van der Waals surface area contributed by atoms with Crippen molar-refractivity contribution in [1.29, 1.82) is 0 Å². The summed E-state index contributed by atoms with van der Waals surface area (Å²) in [5, 5.41) is 1.33. The molecule has 174 valence electrons. The molecule has 6 nitrogen and oxygen atoms in total. The standard InChI is InChI=1S/C22H26ClNO5S3/c1-5-12-24(14-16(3)29-32(27,28)19-9-6-15(2)7-10-19)31(25,26)22-17(4)20-13-18(23)8-11-21(20)30-22/h6-11,13,16H,5,12,14H2,1-4H3. The van der Waals surface area contributed by atoms with Crippen LogP contribution >= 0.6 is 22.9 Å². The lowest BCUT2D eigenvalue weighted by Gasteiger charge is -2.24.